The van der Waals surface area contributed by atoms with Crippen LogP contribution in [-0.4, -0.2) is 4.98 Å². The van der Waals surface area contributed by atoms with E-state index in [-0.39, 0.29) is 0 Å². The van der Waals surface area contributed by atoms with Crippen LogP contribution in [0.2, 0.25) is 0 Å². The number of aryl methyl sites for hydroxylation is 1. The second kappa shape index (κ2) is 3.01. The Morgan fingerprint density at radius 1 is 1.50 bits per heavy atom. The molecule has 64 valence electrons. The first-order chi connectivity index (χ1) is 5.56. The summed E-state index contributed by atoms with van der Waals surface area (Å²) in [7, 11) is 0. The lowest BCUT2D eigenvalue weighted by atomic mass is 9.96. The molecule has 0 aliphatic rings. The molecule has 0 saturated heterocycles. The smallest absolute Gasteiger partial charge is 0.122 e. The van der Waals surface area contributed by atoms with E-state index < -0.39 is 5.54 Å². The van der Waals surface area contributed by atoms with Crippen LogP contribution in [0, 0.1) is 11.8 Å². The summed E-state index contributed by atoms with van der Waals surface area (Å²) >= 11 is 0. The topological polar surface area (TPSA) is 42.3 Å². The van der Waals surface area contributed by atoms with Crippen LogP contribution in [0.4, 0.5) is 0 Å². The number of nitrogens with zero attached hydrogens (tertiary/aromatic N) is 2. The molecule has 1 heterocycles. The quantitative estimate of drug-likeness (QED) is 0.630. The maximum absolute atomic E-state index is 10.5. The van der Waals surface area contributed by atoms with Crippen LogP contribution in [0.1, 0.15) is 25.1 Å². The lowest BCUT2D eigenvalue weighted by Gasteiger charge is -2.15. The third kappa shape index (κ3) is 1.67. The van der Waals surface area contributed by atoms with Gasteiger partial charge in [-0.05, 0) is 38.5 Å². The van der Waals surface area contributed by atoms with E-state index in [0.717, 1.165) is 11.3 Å². The van der Waals surface area contributed by atoms with Crippen LogP contribution in [0.3, 0.4) is 0 Å². The molecule has 1 aromatic heterocycles. The highest BCUT2D eigenvalue weighted by atomic mass is 16.3. The van der Waals surface area contributed by atoms with E-state index in [0.29, 0.717) is 0 Å². The highest BCUT2D eigenvalue weighted by Gasteiger charge is 2.20. The van der Waals surface area contributed by atoms with E-state index in [1.54, 1.807) is 20.0 Å². The van der Waals surface area contributed by atoms with Crippen LogP contribution in [0.15, 0.2) is 23.5 Å². The zero-order chi connectivity index (χ0) is 9.19. The fourth-order valence-corrected chi connectivity index (χ4v) is 0.979. The van der Waals surface area contributed by atoms with Crippen molar-refractivity contribution in [1.29, 1.82) is 0 Å². The molecule has 3 nitrogen and oxygen atoms in total. The van der Waals surface area contributed by atoms with Crippen LogP contribution < -0.4 is 0 Å². The van der Waals surface area contributed by atoms with Crippen molar-refractivity contribution in [2.24, 2.45) is 5.18 Å². The molecule has 3 heteroatoms. The van der Waals surface area contributed by atoms with E-state index in [1.165, 1.54) is 0 Å². The molecule has 0 aliphatic carbocycles. The monoisotopic (exact) mass is 164 g/mol. The van der Waals surface area contributed by atoms with Gasteiger partial charge < -0.3 is 0 Å². The van der Waals surface area contributed by atoms with Gasteiger partial charge in [-0.2, -0.15) is 0 Å². The molecule has 0 atom stereocenters. The molecule has 0 fully saturated rings. The second-order valence-corrected chi connectivity index (χ2v) is 3.34. The molecule has 0 N–H and O–H groups in total. The first-order valence-corrected chi connectivity index (χ1v) is 3.84. The largest absolute Gasteiger partial charge is 0.262 e. The Balaban J connectivity index is 3.11. The number of nitroso groups, excluding NO2 is 1. The summed E-state index contributed by atoms with van der Waals surface area (Å²) in [5, 5.41) is 3.05. The number of rotatable bonds is 2. The molecule has 0 unspecified atom stereocenters. The molecule has 0 radical (unpaired) electrons. The fraction of sp³-hybridized carbons (Fsp3) is 0.444. The zero-order valence-corrected chi connectivity index (χ0v) is 7.53. The van der Waals surface area contributed by atoms with Crippen molar-refractivity contribution in [2.75, 3.05) is 0 Å². The number of hydrogen-bond acceptors (Lipinski definition) is 3. The molecular weight excluding hydrogens is 152 g/mol. The van der Waals surface area contributed by atoms with Crippen molar-refractivity contribution < 1.29 is 0 Å². The second-order valence-electron chi connectivity index (χ2n) is 3.34. The predicted molar refractivity (Wildman–Crippen MR) is 47.8 cm³/mol. The van der Waals surface area contributed by atoms with Crippen LogP contribution >= 0.6 is 0 Å². The van der Waals surface area contributed by atoms with Gasteiger partial charge in [0, 0.05) is 11.9 Å². The standard InChI is InChI=1S/C9H12N2O/c1-7-6-8(4-5-10-7)9(2,3)11-12/h4-6H,1-3H3. The Kier molecular flexibility index (Phi) is 2.22. The molecule has 0 amide bonds. The van der Waals surface area contributed by atoms with E-state index in [2.05, 4.69) is 10.2 Å². The van der Waals surface area contributed by atoms with Gasteiger partial charge in [0.15, 0.2) is 0 Å². The summed E-state index contributed by atoms with van der Waals surface area (Å²) in [6.45, 7) is 5.47. The normalized spacial score (nSPS) is 11.2. The summed E-state index contributed by atoms with van der Waals surface area (Å²) in [5.74, 6) is 0. The van der Waals surface area contributed by atoms with Gasteiger partial charge in [0.05, 0.1) is 0 Å². The minimum Gasteiger partial charge on any atom is -0.262 e. The first-order valence-electron chi connectivity index (χ1n) is 3.84. The third-order valence-electron chi connectivity index (χ3n) is 1.83. The zero-order valence-electron chi connectivity index (χ0n) is 7.53. The summed E-state index contributed by atoms with van der Waals surface area (Å²) in [6, 6.07) is 3.69. The molecule has 0 spiro atoms. The Bertz CT molecular complexity index is 294. The molecule has 1 rings (SSSR count). The van der Waals surface area contributed by atoms with E-state index in [1.807, 2.05) is 19.1 Å². The minimum atomic E-state index is -0.645. The highest BCUT2D eigenvalue weighted by molar-refractivity contribution is 5.23. The molecule has 0 aliphatic heterocycles. The van der Waals surface area contributed by atoms with E-state index in [4.69, 9.17) is 0 Å². The van der Waals surface area contributed by atoms with Gasteiger partial charge in [0.25, 0.3) is 0 Å². The van der Waals surface area contributed by atoms with Gasteiger partial charge in [-0.15, -0.1) is 4.91 Å². The van der Waals surface area contributed by atoms with Crippen LogP contribution in [0.5, 0.6) is 0 Å². The Labute approximate surface area is 71.8 Å². The Hall–Kier alpha value is -1.25. The number of aromatic nitrogens is 1. The summed E-state index contributed by atoms with van der Waals surface area (Å²) in [6.07, 6.45) is 1.69. The van der Waals surface area contributed by atoms with Gasteiger partial charge in [0.1, 0.15) is 5.54 Å². The van der Waals surface area contributed by atoms with Gasteiger partial charge in [-0.25, -0.2) is 0 Å². The highest BCUT2D eigenvalue weighted by Crippen LogP contribution is 2.23. The summed E-state index contributed by atoms with van der Waals surface area (Å²) < 4.78 is 0. The van der Waals surface area contributed by atoms with Gasteiger partial charge in [0.2, 0.25) is 0 Å². The van der Waals surface area contributed by atoms with Crippen molar-refractivity contribution in [3.05, 3.63) is 34.5 Å². The fourth-order valence-electron chi connectivity index (χ4n) is 0.979. The lowest BCUT2D eigenvalue weighted by molar-refractivity contribution is 0.551. The maximum atomic E-state index is 10.5. The van der Waals surface area contributed by atoms with Crippen molar-refractivity contribution in [2.45, 2.75) is 26.3 Å². The minimum absolute atomic E-state index is 0.645. The predicted octanol–water partition coefficient (Wildman–Crippen LogP) is 2.39. The lowest BCUT2D eigenvalue weighted by Crippen LogP contribution is -2.12. The van der Waals surface area contributed by atoms with Crippen molar-refractivity contribution in [3.8, 4) is 0 Å². The molecule has 0 aromatic carbocycles. The van der Waals surface area contributed by atoms with E-state index >= 15 is 0 Å². The Morgan fingerprint density at radius 2 is 2.17 bits per heavy atom. The van der Waals surface area contributed by atoms with Gasteiger partial charge in [-0.1, -0.05) is 5.18 Å². The maximum Gasteiger partial charge on any atom is 0.122 e. The van der Waals surface area contributed by atoms with Gasteiger partial charge >= 0.3 is 0 Å². The number of pyridine rings is 1. The molecule has 0 saturated carbocycles. The SMILES string of the molecule is Cc1cc(C(C)(C)N=O)ccn1. The first kappa shape index (κ1) is 8.84. The van der Waals surface area contributed by atoms with Gasteiger partial charge in [-0.3, -0.25) is 4.98 Å². The molecule has 0 bridgehead atoms. The molecule has 12 heavy (non-hydrogen) atoms. The van der Waals surface area contributed by atoms with Crippen molar-refractivity contribution in [1.82, 2.24) is 4.98 Å². The summed E-state index contributed by atoms with van der Waals surface area (Å²) in [5.41, 5.74) is 1.17. The van der Waals surface area contributed by atoms with Crippen LogP contribution in [-0.2, 0) is 5.54 Å². The van der Waals surface area contributed by atoms with E-state index in [9.17, 15) is 4.91 Å². The molecule has 1 aromatic rings. The third-order valence-corrected chi connectivity index (χ3v) is 1.83. The Morgan fingerprint density at radius 3 is 2.67 bits per heavy atom. The van der Waals surface area contributed by atoms with Crippen LogP contribution in [0.25, 0.3) is 0 Å². The van der Waals surface area contributed by atoms with Crippen molar-refractivity contribution >= 4 is 0 Å². The molecular formula is C9H12N2O. The summed E-state index contributed by atoms with van der Waals surface area (Å²) in [4.78, 5) is 14.5. The number of hydrogen-bond donors (Lipinski definition) is 0. The average molecular weight is 164 g/mol. The van der Waals surface area contributed by atoms with Crippen molar-refractivity contribution in [3.63, 3.8) is 0 Å². The average Bonchev–Trinajstić information content (AvgIpc) is 2.05.